The largest absolute Gasteiger partial charge is 0.468 e. The molecule has 0 fully saturated rings. The monoisotopic (exact) mass is 626 g/mol. The first-order valence-electron chi connectivity index (χ1n) is 14.0. The number of fused-ring (bicyclic) bond motifs is 1. The molecule has 4 aromatic carbocycles. The van der Waals surface area contributed by atoms with E-state index in [1.54, 1.807) is 12.2 Å². The fraction of sp³-hybridized carbons (Fsp3) is 0.229. The summed E-state index contributed by atoms with van der Waals surface area (Å²) in [4.78, 5) is 15.6. The molecule has 0 saturated heterocycles. The highest BCUT2D eigenvalue weighted by atomic mass is 19.4. The first-order chi connectivity index (χ1) is 21.4. The summed E-state index contributed by atoms with van der Waals surface area (Å²) in [6.07, 6.45) is -5.86. The van der Waals surface area contributed by atoms with E-state index in [1.165, 1.54) is 31.4 Å². The van der Waals surface area contributed by atoms with E-state index in [1.807, 2.05) is 47.4 Å². The molecule has 0 unspecified atom stereocenters. The predicted molar refractivity (Wildman–Crippen MR) is 162 cm³/mol. The minimum absolute atomic E-state index is 0.298. The lowest BCUT2D eigenvalue weighted by Crippen LogP contribution is -2.50. The Balaban J connectivity index is 1.92. The standard InChI is InChI=1S/C35H32F6N2O2/c1-4-21-43(22-5-2)32(29-12-8-10-23-9-6-7-11-28(23)29)31(33(44)45-3)42-30(24-13-17-26(18-14-24)34(36,37)38)25-15-19-27(20-16-25)35(39,40)41/h4-20,30-32,42H,1-2,21-22H2,3H3/t31-,32-/m0/s1. The van der Waals surface area contributed by atoms with Crippen molar-refractivity contribution >= 4 is 16.7 Å². The van der Waals surface area contributed by atoms with Gasteiger partial charge in [0, 0.05) is 13.1 Å². The molecule has 0 aliphatic rings. The summed E-state index contributed by atoms with van der Waals surface area (Å²) in [5, 5.41) is 5.02. The number of nitrogens with one attached hydrogen (secondary N) is 1. The van der Waals surface area contributed by atoms with Gasteiger partial charge < -0.3 is 4.74 Å². The second-order valence-electron chi connectivity index (χ2n) is 10.4. The van der Waals surface area contributed by atoms with Crippen molar-refractivity contribution in [2.75, 3.05) is 20.2 Å². The molecule has 236 valence electrons. The van der Waals surface area contributed by atoms with E-state index in [4.69, 9.17) is 4.74 Å². The maximum Gasteiger partial charge on any atom is 0.416 e. The number of esters is 1. The van der Waals surface area contributed by atoms with E-state index in [0.717, 1.165) is 40.6 Å². The van der Waals surface area contributed by atoms with Crippen LogP contribution in [0.15, 0.2) is 116 Å². The Labute approximate surface area is 257 Å². The highest BCUT2D eigenvalue weighted by Gasteiger charge is 2.38. The minimum atomic E-state index is -4.60. The minimum Gasteiger partial charge on any atom is -0.468 e. The van der Waals surface area contributed by atoms with Crippen molar-refractivity contribution in [2.45, 2.75) is 30.5 Å². The number of hydrogen-bond acceptors (Lipinski definition) is 4. The van der Waals surface area contributed by atoms with Gasteiger partial charge in [-0.1, -0.05) is 78.9 Å². The van der Waals surface area contributed by atoms with Gasteiger partial charge in [0.25, 0.3) is 0 Å². The second-order valence-corrected chi connectivity index (χ2v) is 10.4. The predicted octanol–water partition coefficient (Wildman–Crippen LogP) is 8.51. The zero-order chi connectivity index (χ0) is 32.8. The van der Waals surface area contributed by atoms with Crippen LogP contribution in [0.4, 0.5) is 26.3 Å². The molecule has 0 radical (unpaired) electrons. The summed E-state index contributed by atoms with van der Waals surface area (Å²) < 4.78 is 85.7. The van der Waals surface area contributed by atoms with Crippen molar-refractivity contribution in [1.82, 2.24) is 10.2 Å². The van der Waals surface area contributed by atoms with Crippen molar-refractivity contribution in [3.05, 3.63) is 144 Å². The van der Waals surface area contributed by atoms with E-state index in [9.17, 15) is 31.1 Å². The molecule has 0 aliphatic carbocycles. The lowest BCUT2D eigenvalue weighted by Gasteiger charge is -2.38. The molecule has 4 nitrogen and oxygen atoms in total. The zero-order valence-electron chi connectivity index (χ0n) is 24.4. The van der Waals surface area contributed by atoms with E-state index in [2.05, 4.69) is 18.5 Å². The summed E-state index contributed by atoms with van der Waals surface area (Å²) in [5.41, 5.74) is -0.435. The van der Waals surface area contributed by atoms with E-state index in [-0.39, 0.29) is 0 Å². The third-order valence-electron chi connectivity index (χ3n) is 7.52. The molecule has 0 amide bonds. The molecule has 45 heavy (non-hydrogen) atoms. The van der Waals surface area contributed by atoms with Gasteiger partial charge in [-0.15, -0.1) is 13.2 Å². The van der Waals surface area contributed by atoms with Gasteiger partial charge in [-0.3, -0.25) is 15.0 Å². The van der Waals surface area contributed by atoms with Crippen LogP contribution in [0.2, 0.25) is 0 Å². The van der Waals surface area contributed by atoms with Crippen LogP contribution in [0, 0.1) is 0 Å². The van der Waals surface area contributed by atoms with E-state index in [0.29, 0.717) is 24.2 Å². The second kappa shape index (κ2) is 14.1. The third kappa shape index (κ3) is 7.82. The molecule has 0 aliphatic heterocycles. The van der Waals surface area contributed by atoms with Crippen LogP contribution in [-0.4, -0.2) is 37.1 Å². The smallest absolute Gasteiger partial charge is 0.416 e. The molecule has 4 aromatic rings. The van der Waals surface area contributed by atoms with Gasteiger partial charge in [-0.2, -0.15) is 26.3 Å². The Morgan fingerprint density at radius 3 is 1.73 bits per heavy atom. The number of benzene rings is 4. The van der Waals surface area contributed by atoms with Gasteiger partial charge in [0.1, 0.15) is 6.04 Å². The molecule has 0 spiro atoms. The normalized spacial score (nSPS) is 13.5. The number of rotatable bonds is 12. The Morgan fingerprint density at radius 1 is 0.778 bits per heavy atom. The van der Waals surface area contributed by atoms with Gasteiger partial charge in [-0.05, 0) is 51.7 Å². The highest BCUT2D eigenvalue weighted by molar-refractivity contribution is 5.87. The number of nitrogens with zero attached hydrogens (tertiary/aromatic N) is 1. The SMILES string of the molecule is C=CCN(CC=C)[C@@H](c1cccc2ccccc12)[C@H](NC(c1ccc(C(F)(F)F)cc1)c1ccc(C(F)(F)F)cc1)C(=O)OC. The average molecular weight is 627 g/mol. The molecule has 0 bridgehead atoms. The van der Waals surface area contributed by atoms with Crippen molar-refractivity contribution in [1.29, 1.82) is 0 Å². The van der Waals surface area contributed by atoms with Gasteiger partial charge in [0.05, 0.1) is 30.3 Å². The van der Waals surface area contributed by atoms with Crippen LogP contribution in [0.1, 0.15) is 39.9 Å². The number of ether oxygens (including phenoxy) is 1. The van der Waals surface area contributed by atoms with Gasteiger partial charge in [-0.25, -0.2) is 0 Å². The quantitative estimate of drug-likeness (QED) is 0.0973. The van der Waals surface area contributed by atoms with Crippen LogP contribution >= 0.6 is 0 Å². The van der Waals surface area contributed by atoms with Gasteiger partial charge in [0.2, 0.25) is 0 Å². The molecular formula is C35H32F6N2O2. The van der Waals surface area contributed by atoms with Crippen LogP contribution in [0.5, 0.6) is 0 Å². The van der Waals surface area contributed by atoms with Crippen LogP contribution < -0.4 is 5.32 Å². The fourth-order valence-corrected chi connectivity index (χ4v) is 5.44. The number of methoxy groups -OCH3 is 1. The van der Waals surface area contributed by atoms with Gasteiger partial charge in [0.15, 0.2) is 0 Å². The molecule has 1 N–H and O–H groups in total. The summed E-state index contributed by atoms with van der Waals surface area (Å²) in [6, 6.07) is 18.9. The Hall–Kier alpha value is -4.41. The molecule has 0 saturated carbocycles. The molecule has 0 heterocycles. The number of carbonyl (C=O) groups is 1. The molecular weight excluding hydrogens is 594 g/mol. The maximum absolute atomic E-state index is 13.7. The van der Waals surface area contributed by atoms with Crippen LogP contribution in [0.3, 0.4) is 0 Å². The lowest BCUT2D eigenvalue weighted by molar-refractivity contribution is -0.145. The highest BCUT2D eigenvalue weighted by Crippen LogP contribution is 2.36. The summed E-state index contributed by atoms with van der Waals surface area (Å²) in [7, 11) is 1.22. The average Bonchev–Trinajstić information content (AvgIpc) is 3.02. The first kappa shape index (κ1) is 33.5. The number of carbonyl (C=O) groups excluding carboxylic acids is 1. The molecule has 10 heteroatoms. The zero-order valence-corrected chi connectivity index (χ0v) is 24.4. The van der Waals surface area contributed by atoms with Crippen molar-refractivity contribution in [3.8, 4) is 0 Å². The van der Waals surface area contributed by atoms with E-state index >= 15 is 0 Å². The molecule has 4 rings (SSSR count). The topological polar surface area (TPSA) is 41.6 Å². The first-order valence-corrected chi connectivity index (χ1v) is 14.0. The molecule has 0 aromatic heterocycles. The van der Waals surface area contributed by atoms with Gasteiger partial charge >= 0.3 is 18.3 Å². The Bertz CT molecular complexity index is 1540. The lowest BCUT2D eigenvalue weighted by atomic mass is 9.90. The van der Waals surface area contributed by atoms with Crippen LogP contribution in [0.25, 0.3) is 10.8 Å². The Morgan fingerprint density at radius 2 is 1.27 bits per heavy atom. The Kier molecular flexibility index (Phi) is 10.5. The summed E-state index contributed by atoms with van der Waals surface area (Å²) in [5.74, 6) is -0.685. The van der Waals surface area contributed by atoms with Crippen molar-refractivity contribution in [2.24, 2.45) is 0 Å². The summed E-state index contributed by atoms with van der Waals surface area (Å²) in [6.45, 7) is 8.36. The number of halogens is 6. The van der Waals surface area contributed by atoms with Crippen molar-refractivity contribution in [3.63, 3.8) is 0 Å². The number of alkyl halides is 6. The maximum atomic E-state index is 13.7. The summed E-state index contributed by atoms with van der Waals surface area (Å²) >= 11 is 0. The third-order valence-corrected chi connectivity index (χ3v) is 7.52. The fourth-order valence-electron chi connectivity index (χ4n) is 5.44. The molecule has 2 atom stereocenters. The van der Waals surface area contributed by atoms with Crippen molar-refractivity contribution < 1.29 is 35.9 Å². The number of hydrogen-bond donors (Lipinski definition) is 1. The van der Waals surface area contributed by atoms with Crippen LogP contribution in [-0.2, 0) is 21.9 Å². The van der Waals surface area contributed by atoms with E-state index < -0.39 is 47.6 Å².